The minimum absolute atomic E-state index is 0.0157. The number of Topliss-reactive ketones (excluding diaryl/α,β-unsaturated/α-hetero) is 1. The molecule has 0 saturated heterocycles. The van der Waals surface area contributed by atoms with Crippen molar-refractivity contribution < 1.29 is 28.2 Å². The predicted octanol–water partition coefficient (Wildman–Crippen LogP) is 4.95. The number of pyridine rings is 1. The summed E-state index contributed by atoms with van der Waals surface area (Å²) in [5, 5.41) is 17.0. The normalized spacial score (nSPS) is 18.0. The molecule has 1 aliphatic carbocycles. The van der Waals surface area contributed by atoms with Gasteiger partial charge in [0.05, 0.1) is 17.4 Å². The van der Waals surface area contributed by atoms with Crippen LogP contribution in [-0.2, 0) is 17.6 Å². The lowest BCUT2D eigenvalue weighted by molar-refractivity contribution is -0.143. The predicted molar refractivity (Wildman–Crippen MR) is 120 cm³/mol. The van der Waals surface area contributed by atoms with Crippen LogP contribution in [0.5, 0.6) is 5.88 Å². The molecule has 0 bridgehead atoms. The summed E-state index contributed by atoms with van der Waals surface area (Å²) in [4.78, 5) is 27.9. The van der Waals surface area contributed by atoms with Gasteiger partial charge in [-0.3, -0.25) is 9.59 Å². The Balaban J connectivity index is 1.34. The summed E-state index contributed by atoms with van der Waals surface area (Å²) < 4.78 is 24.6. The van der Waals surface area contributed by atoms with E-state index in [1.165, 1.54) is 18.3 Å². The van der Waals surface area contributed by atoms with Crippen LogP contribution >= 0.6 is 23.2 Å². The molecular weight excluding hydrogens is 488 g/mol. The molecule has 0 atom stereocenters. The third-order valence-electron chi connectivity index (χ3n) is 5.58. The van der Waals surface area contributed by atoms with Crippen LogP contribution in [-0.4, -0.2) is 38.1 Å². The van der Waals surface area contributed by atoms with Crippen molar-refractivity contribution in [2.45, 2.75) is 44.6 Å². The number of hydrogen-bond acceptors (Lipinski definition) is 7. The number of ketones is 1. The summed E-state index contributed by atoms with van der Waals surface area (Å²) >= 11 is 12.1. The lowest BCUT2D eigenvalue weighted by atomic mass is 9.87. The van der Waals surface area contributed by atoms with Gasteiger partial charge in [0, 0.05) is 12.6 Å². The van der Waals surface area contributed by atoms with Gasteiger partial charge in [-0.2, -0.15) is 0 Å². The summed E-state index contributed by atoms with van der Waals surface area (Å²) in [5.41, 5.74) is 1.21. The largest absolute Gasteiger partial charge is 0.481 e. The molecule has 2 heterocycles. The van der Waals surface area contributed by atoms with E-state index in [4.69, 9.17) is 37.5 Å². The highest BCUT2D eigenvalue weighted by Gasteiger charge is 2.27. The molecule has 1 fully saturated rings. The Bertz CT molecular complexity index is 1210. The van der Waals surface area contributed by atoms with Gasteiger partial charge in [-0.25, -0.2) is 9.37 Å². The minimum Gasteiger partial charge on any atom is -0.481 e. The van der Waals surface area contributed by atoms with E-state index in [2.05, 4.69) is 15.2 Å². The number of nitrogens with zero attached hydrogens (tertiary/aromatic N) is 3. The number of carboxylic acids is 1. The molecule has 8 nitrogen and oxygen atoms in total. The van der Waals surface area contributed by atoms with E-state index < -0.39 is 17.6 Å². The first-order valence-electron chi connectivity index (χ1n) is 10.6. The molecular formula is C23H20Cl2FN3O5. The zero-order chi connectivity index (χ0) is 24.2. The van der Waals surface area contributed by atoms with Crippen LogP contribution in [0.15, 0.2) is 34.9 Å². The van der Waals surface area contributed by atoms with E-state index >= 15 is 0 Å². The lowest BCUT2D eigenvalue weighted by Gasteiger charge is -2.26. The summed E-state index contributed by atoms with van der Waals surface area (Å²) in [5.74, 6) is -1.77. The Hall–Kier alpha value is -3.04. The van der Waals surface area contributed by atoms with Gasteiger partial charge in [-0.05, 0) is 55.0 Å². The maximum absolute atomic E-state index is 13.3. The lowest BCUT2D eigenvalue weighted by Crippen LogP contribution is -2.28. The molecule has 1 saturated carbocycles. The maximum atomic E-state index is 13.3. The van der Waals surface area contributed by atoms with Crippen LogP contribution in [0.1, 0.15) is 53.4 Å². The van der Waals surface area contributed by atoms with E-state index in [0.717, 1.165) is 0 Å². The molecule has 1 aromatic carbocycles. The molecule has 0 unspecified atom stereocenters. The zero-order valence-electron chi connectivity index (χ0n) is 17.8. The van der Waals surface area contributed by atoms with E-state index in [1.54, 1.807) is 12.1 Å². The maximum Gasteiger partial charge on any atom is 0.306 e. The molecule has 0 aliphatic heterocycles. The standard InChI is InChI=1S/C23H20Cl2FN3O5/c24-16-7-12(1-6-18(16)26)10-20-28-29-22(34-20)19(30)9-13-8-17(25)21(27-11-13)33-15-4-2-14(3-5-15)23(31)32/h1,6-8,11,14-15H,2-5,9-10H2,(H,31,32). The highest BCUT2D eigenvalue weighted by atomic mass is 35.5. The molecule has 11 heteroatoms. The van der Waals surface area contributed by atoms with Crippen molar-refractivity contribution in [1.82, 2.24) is 15.2 Å². The van der Waals surface area contributed by atoms with Crippen LogP contribution in [0.3, 0.4) is 0 Å². The molecule has 3 aromatic rings. The fourth-order valence-electron chi connectivity index (χ4n) is 3.76. The van der Waals surface area contributed by atoms with Crippen molar-refractivity contribution in [3.63, 3.8) is 0 Å². The van der Waals surface area contributed by atoms with Crippen molar-refractivity contribution in [2.24, 2.45) is 5.92 Å². The highest BCUT2D eigenvalue weighted by Crippen LogP contribution is 2.30. The third-order valence-corrected chi connectivity index (χ3v) is 6.14. The second-order valence-electron chi connectivity index (χ2n) is 8.09. The Morgan fingerprint density at radius 1 is 1.09 bits per heavy atom. The SMILES string of the molecule is O=C(Cc1cnc(OC2CCC(C(=O)O)CC2)c(Cl)c1)c1nnc(Cc2ccc(F)c(Cl)c2)o1. The van der Waals surface area contributed by atoms with Crippen LogP contribution in [0.2, 0.25) is 10.0 Å². The average Bonchev–Trinajstić information content (AvgIpc) is 3.27. The molecule has 0 spiro atoms. The summed E-state index contributed by atoms with van der Waals surface area (Å²) in [6, 6.07) is 5.83. The van der Waals surface area contributed by atoms with Gasteiger partial charge in [0.1, 0.15) is 16.9 Å². The van der Waals surface area contributed by atoms with Crippen molar-refractivity contribution in [3.8, 4) is 5.88 Å². The van der Waals surface area contributed by atoms with E-state index in [9.17, 15) is 14.0 Å². The first kappa shape index (κ1) is 24.1. The van der Waals surface area contributed by atoms with Gasteiger partial charge in [-0.15, -0.1) is 10.2 Å². The Morgan fingerprint density at radius 2 is 1.82 bits per heavy atom. The molecule has 0 radical (unpaired) electrons. The second kappa shape index (κ2) is 10.5. The molecule has 2 aromatic heterocycles. The van der Waals surface area contributed by atoms with Crippen LogP contribution in [0.25, 0.3) is 0 Å². The van der Waals surface area contributed by atoms with Gasteiger partial charge >= 0.3 is 5.97 Å². The molecule has 1 aliphatic rings. The second-order valence-corrected chi connectivity index (χ2v) is 8.90. The number of rotatable bonds is 8. The first-order valence-corrected chi connectivity index (χ1v) is 11.4. The Kier molecular flexibility index (Phi) is 7.43. The summed E-state index contributed by atoms with van der Waals surface area (Å²) in [6.45, 7) is 0. The van der Waals surface area contributed by atoms with Gasteiger partial charge in [0.25, 0.3) is 5.89 Å². The fraction of sp³-hybridized carbons (Fsp3) is 0.348. The van der Waals surface area contributed by atoms with Gasteiger partial charge in [0.15, 0.2) is 0 Å². The summed E-state index contributed by atoms with van der Waals surface area (Å²) in [6.07, 6.45) is 3.79. The van der Waals surface area contributed by atoms with Crippen LogP contribution < -0.4 is 4.74 Å². The van der Waals surface area contributed by atoms with E-state index in [1.807, 2.05) is 0 Å². The number of carboxylic acid groups (broad SMARTS) is 1. The van der Waals surface area contributed by atoms with Crippen molar-refractivity contribution in [1.29, 1.82) is 0 Å². The molecule has 0 amide bonds. The summed E-state index contributed by atoms with van der Waals surface area (Å²) in [7, 11) is 0. The average molecular weight is 508 g/mol. The molecule has 1 N–H and O–H groups in total. The topological polar surface area (TPSA) is 115 Å². The number of aromatic nitrogens is 3. The third kappa shape index (κ3) is 5.90. The Labute approximate surface area is 204 Å². The number of carbonyl (C=O) groups excluding carboxylic acids is 1. The molecule has 4 rings (SSSR count). The van der Waals surface area contributed by atoms with Crippen LogP contribution in [0, 0.1) is 11.7 Å². The number of benzene rings is 1. The molecule has 178 valence electrons. The van der Waals surface area contributed by atoms with Gasteiger partial charge in [0.2, 0.25) is 17.6 Å². The van der Waals surface area contributed by atoms with E-state index in [0.29, 0.717) is 36.8 Å². The Morgan fingerprint density at radius 3 is 2.50 bits per heavy atom. The number of ether oxygens (including phenoxy) is 1. The van der Waals surface area contributed by atoms with Gasteiger partial charge < -0.3 is 14.3 Å². The first-order chi connectivity index (χ1) is 16.3. The number of aliphatic carboxylic acids is 1. The van der Waals surface area contributed by atoms with Crippen LogP contribution in [0.4, 0.5) is 4.39 Å². The molecule has 34 heavy (non-hydrogen) atoms. The highest BCUT2D eigenvalue weighted by molar-refractivity contribution is 6.32. The van der Waals surface area contributed by atoms with Crippen molar-refractivity contribution in [3.05, 3.63) is 69.2 Å². The van der Waals surface area contributed by atoms with E-state index in [-0.39, 0.29) is 52.6 Å². The number of hydrogen-bond donors (Lipinski definition) is 1. The zero-order valence-corrected chi connectivity index (χ0v) is 19.4. The number of halogens is 3. The monoisotopic (exact) mass is 507 g/mol. The fourth-order valence-corrected chi connectivity index (χ4v) is 4.19. The quantitative estimate of drug-likeness (QED) is 0.425. The van der Waals surface area contributed by atoms with Crippen molar-refractivity contribution >= 4 is 35.0 Å². The van der Waals surface area contributed by atoms with Gasteiger partial charge in [-0.1, -0.05) is 29.3 Å². The number of carbonyl (C=O) groups is 2. The minimum atomic E-state index is -0.781. The smallest absolute Gasteiger partial charge is 0.306 e. The van der Waals surface area contributed by atoms with Crippen molar-refractivity contribution in [2.75, 3.05) is 0 Å².